The topological polar surface area (TPSA) is 84.7 Å². The summed E-state index contributed by atoms with van der Waals surface area (Å²) in [7, 11) is -3.25. The van der Waals surface area contributed by atoms with E-state index in [2.05, 4.69) is 0 Å². The molecule has 1 amide bonds. The highest BCUT2D eigenvalue weighted by Crippen LogP contribution is 2.24. The van der Waals surface area contributed by atoms with Gasteiger partial charge in [0.1, 0.15) is 11.4 Å². The molecule has 0 radical (unpaired) electrons. The third-order valence-corrected chi connectivity index (χ3v) is 7.48. The average Bonchev–Trinajstić information content (AvgIpc) is 3.08. The number of hydrogen-bond acceptors (Lipinski definition) is 5. The maximum Gasteiger partial charge on any atom is 0.290 e. The quantitative estimate of drug-likeness (QED) is 0.617. The number of carbonyl (C=O) groups excluding carboxylic acids is 1. The summed E-state index contributed by atoms with van der Waals surface area (Å²) in [4.78, 5) is 27.4. The summed E-state index contributed by atoms with van der Waals surface area (Å²) < 4.78 is 43.2. The molecule has 1 atom stereocenters. The average molecular weight is 443 g/mol. The number of fused-ring (bicyclic) bond motifs is 1. The maximum absolute atomic E-state index is 13.4. The summed E-state index contributed by atoms with van der Waals surface area (Å²) in [5.41, 5.74) is 2.47. The second-order valence-corrected chi connectivity index (χ2v) is 10.3. The van der Waals surface area contributed by atoms with Gasteiger partial charge >= 0.3 is 0 Å². The summed E-state index contributed by atoms with van der Waals surface area (Å²) in [6, 6.07) is 9.69. The van der Waals surface area contributed by atoms with Crippen molar-refractivity contribution in [1.29, 1.82) is 0 Å². The molecule has 1 saturated heterocycles. The van der Waals surface area contributed by atoms with Gasteiger partial charge < -0.3 is 9.32 Å². The molecule has 0 spiro atoms. The lowest BCUT2D eigenvalue weighted by atomic mass is 10.1. The van der Waals surface area contributed by atoms with E-state index >= 15 is 0 Å². The van der Waals surface area contributed by atoms with Crippen LogP contribution in [0.1, 0.15) is 33.7 Å². The van der Waals surface area contributed by atoms with Gasteiger partial charge in [-0.1, -0.05) is 12.1 Å². The Morgan fingerprint density at radius 3 is 2.45 bits per heavy atom. The van der Waals surface area contributed by atoms with Crippen LogP contribution in [0, 0.1) is 19.7 Å². The van der Waals surface area contributed by atoms with E-state index in [0.717, 1.165) is 17.2 Å². The molecule has 3 aromatic rings. The Hall–Kier alpha value is -3.00. The van der Waals surface area contributed by atoms with E-state index in [1.807, 2.05) is 13.8 Å². The van der Waals surface area contributed by atoms with Gasteiger partial charge in [0.25, 0.3) is 5.91 Å². The van der Waals surface area contributed by atoms with Crippen molar-refractivity contribution in [1.82, 2.24) is 4.90 Å². The van der Waals surface area contributed by atoms with Crippen LogP contribution < -0.4 is 5.43 Å². The van der Waals surface area contributed by atoms with Crippen LogP contribution >= 0.6 is 0 Å². The largest absolute Gasteiger partial charge is 0.451 e. The molecule has 1 fully saturated rings. The normalized spacial score (nSPS) is 17.7. The molecule has 31 heavy (non-hydrogen) atoms. The van der Waals surface area contributed by atoms with E-state index in [1.54, 1.807) is 24.3 Å². The van der Waals surface area contributed by atoms with Crippen LogP contribution in [-0.2, 0) is 16.4 Å². The smallest absolute Gasteiger partial charge is 0.290 e. The van der Waals surface area contributed by atoms with Gasteiger partial charge in [0.15, 0.2) is 21.0 Å². The van der Waals surface area contributed by atoms with Gasteiger partial charge in [-0.2, -0.15) is 0 Å². The summed E-state index contributed by atoms with van der Waals surface area (Å²) in [6.07, 6.45) is 0.297. The molecule has 162 valence electrons. The lowest BCUT2D eigenvalue weighted by molar-refractivity contribution is 0.0648. The van der Waals surface area contributed by atoms with Gasteiger partial charge in [-0.3, -0.25) is 9.59 Å². The third kappa shape index (κ3) is 4.39. The fourth-order valence-electron chi connectivity index (χ4n) is 3.83. The number of halogens is 1. The van der Waals surface area contributed by atoms with Crippen LogP contribution in [0.25, 0.3) is 11.0 Å². The van der Waals surface area contributed by atoms with Crippen LogP contribution in [0.15, 0.2) is 51.7 Å². The third-order valence-electron chi connectivity index (χ3n) is 5.73. The first-order chi connectivity index (χ1) is 14.6. The van der Waals surface area contributed by atoms with Gasteiger partial charge in [-0.05, 0) is 61.2 Å². The lowest BCUT2D eigenvalue weighted by Crippen LogP contribution is -2.40. The van der Waals surface area contributed by atoms with E-state index < -0.39 is 27.6 Å². The molecule has 1 aromatic heterocycles. The van der Waals surface area contributed by atoms with Crippen molar-refractivity contribution in [2.75, 3.05) is 11.5 Å². The van der Waals surface area contributed by atoms with Crippen molar-refractivity contribution in [3.8, 4) is 0 Å². The zero-order valence-corrected chi connectivity index (χ0v) is 18.0. The van der Waals surface area contributed by atoms with Gasteiger partial charge in [-0.15, -0.1) is 0 Å². The lowest BCUT2D eigenvalue weighted by Gasteiger charge is -2.28. The Bertz CT molecular complexity index is 1330. The van der Waals surface area contributed by atoms with E-state index in [-0.39, 0.29) is 29.2 Å². The summed E-state index contributed by atoms with van der Waals surface area (Å²) >= 11 is 0. The number of hydrogen-bond donors (Lipinski definition) is 0. The number of amides is 1. The Morgan fingerprint density at radius 1 is 1.13 bits per heavy atom. The molecule has 2 heterocycles. The fourth-order valence-corrected chi connectivity index (χ4v) is 5.56. The number of aryl methyl sites for hydroxylation is 2. The summed E-state index contributed by atoms with van der Waals surface area (Å²) in [5, 5.41) is 0.383. The Morgan fingerprint density at radius 2 is 1.81 bits per heavy atom. The van der Waals surface area contributed by atoms with Gasteiger partial charge in [0.05, 0.1) is 16.9 Å². The second kappa shape index (κ2) is 7.92. The molecule has 8 heteroatoms. The molecule has 1 aliphatic rings. The van der Waals surface area contributed by atoms with Crippen LogP contribution in [0.2, 0.25) is 0 Å². The number of sulfone groups is 1. The molecule has 0 unspecified atom stereocenters. The fraction of sp³-hybridized carbons (Fsp3) is 0.304. The van der Waals surface area contributed by atoms with Crippen LogP contribution in [-0.4, -0.2) is 36.8 Å². The highest BCUT2D eigenvalue weighted by Gasteiger charge is 2.36. The molecule has 0 aliphatic carbocycles. The zero-order chi connectivity index (χ0) is 22.3. The van der Waals surface area contributed by atoms with Crippen molar-refractivity contribution in [3.63, 3.8) is 0 Å². The predicted octanol–water partition coefficient (Wildman–Crippen LogP) is 3.38. The highest BCUT2D eigenvalue weighted by atomic mass is 32.2. The standard InChI is InChI=1S/C23H22FNO5S/c1-14-9-19-20(26)11-22(30-21(19)10-15(14)2)23(27)25(18-7-8-31(28,29)13-18)12-16-3-5-17(24)6-4-16/h3-6,9-11,18H,7-8,12-13H2,1-2H3/t18-/m1/s1. The molecule has 4 rings (SSSR count). The predicted molar refractivity (Wildman–Crippen MR) is 115 cm³/mol. The first kappa shape index (κ1) is 21.2. The first-order valence-electron chi connectivity index (χ1n) is 9.94. The highest BCUT2D eigenvalue weighted by molar-refractivity contribution is 7.91. The van der Waals surface area contributed by atoms with E-state index in [1.165, 1.54) is 17.0 Å². The van der Waals surface area contributed by atoms with Crippen molar-refractivity contribution in [3.05, 3.63) is 81.0 Å². The molecule has 6 nitrogen and oxygen atoms in total. The Labute approximate surface area is 179 Å². The van der Waals surface area contributed by atoms with Gasteiger partial charge in [0, 0.05) is 18.7 Å². The zero-order valence-electron chi connectivity index (χ0n) is 17.2. The number of rotatable bonds is 4. The molecule has 2 aromatic carbocycles. The van der Waals surface area contributed by atoms with Crippen LogP contribution in [0.5, 0.6) is 0 Å². The molecule has 0 N–H and O–H groups in total. The van der Waals surface area contributed by atoms with E-state index in [9.17, 15) is 22.4 Å². The maximum atomic E-state index is 13.4. The molecule has 1 aliphatic heterocycles. The van der Waals surface area contributed by atoms with E-state index in [0.29, 0.717) is 23.0 Å². The minimum atomic E-state index is -3.25. The van der Waals surface area contributed by atoms with Crippen LogP contribution in [0.3, 0.4) is 0 Å². The minimum absolute atomic E-state index is 0.00892. The van der Waals surface area contributed by atoms with Crippen LogP contribution in [0.4, 0.5) is 4.39 Å². The van der Waals surface area contributed by atoms with Crippen molar-refractivity contribution in [2.24, 2.45) is 0 Å². The monoisotopic (exact) mass is 443 g/mol. The summed E-state index contributed by atoms with van der Waals surface area (Å²) in [6.45, 7) is 3.85. The second-order valence-electron chi connectivity index (χ2n) is 8.02. The minimum Gasteiger partial charge on any atom is -0.451 e. The molecule has 0 saturated carbocycles. The van der Waals surface area contributed by atoms with Crippen molar-refractivity contribution < 1.29 is 22.0 Å². The SMILES string of the molecule is Cc1cc2oc(C(=O)N(Cc3ccc(F)cc3)[C@@H]3CCS(=O)(=O)C3)cc(=O)c2cc1C. The van der Waals surface area contributed by atoms with Crippen molar-refractivity contribution in [2.45, 2.75) is 32.9 Å². The summed E-state index contributed by atoms with van der Waals surface area (Å²) in [5.74, 6) is -1.28. The Kier molecular flexibility index (Phi) is 5.43. The molecule has 0 bridgehead atoms. The number of benzene rings is 2. The number of carbonyl (C=O) groups is 1. The Balaban J connectivity index is 1.75. The van der Waals surface area contributed by atoms with Gasteiger partial charge in [0.2, 0.25) is 0 Å². The van der Waals surface area contributed by atoms with Gasteiger partial charge in [-0.25, -0.2) is 12.8 Å². The first-order valence-corrected chi connectivity index (χ1v) is 11.8. The number of nitrogens with zero attached hydrogens (tertiary/aromatic N) is 1. The van der Waals surface area contributed by atoms with E-state index in [4.69, 9.17) is 4.42 Å². The molecular formula is C23H22FNO5S. The van der Waals surface area contributed by atoms with Crippen molar-refractivity contribution >= 4 is 26.7 Å². The molecular weight excluding hydrogens is 421 g/mol.